The second-order valence-electron chi connectivity index (χ2n) is 6.09. The molecule has 3 N–H and O–H groups in total. The molecule has 0 spiro atoms. The number of nitrogens with one attached hydrogen (secondary N) is 1. The van der Waals surface area contributed by atoms with Gasteiger partial charge in [0.15, 0.2) is 0 Å². The van der Waals surface area contributed by atoms with E-state index >= 15 is 0 Å². The first-order valence-electron chi connectivity index (χ1n) is 8.08. The zero-order valence-electron chi connectivity index (χ0n) is 12.6. The van der Waals surface area contributed by atoms with Gasteiger partial charge >= 0.3 is 0 Å². The van der Waals surface area contributed by atoms with Crippen molar-refractivity contribution in [3.8, 4) is 0 Å². The minimum absolute atomic E-state index is 0.0349. The molecule has 2 fully saturated rings. The van der Waals surface area contributed by atoms with E-state index < -0.39 is 0 Å². The summed E-state index contributed by atoms with van der Waals surface area (Å²) >= 11 is 0. The lowest BCUT2D eigenvalue weighted by Gasteiger charge is -2.33. The quantitative estimate of drug-likeness (QED) is 0.710. The Hall–Kier alpha value is -0.650. The van der Waals surface area contributed by atoms with Gasteiger partial charge in [-0.15, -0.1) is 0 Å². The molecule has 2 rings (SSSR count). The van der Waals surface area contributed by atoms with Crippen LogP contribution in [-0.2, 0) is 9.53 Å². The standard InChI is InChI=1S/C15H29N3O2/c1-12-5-2-3-9-18(12)10-4-8-17-15(19)14-7-6-13(11-16)20-14/h12-14H,2-11,16H2,1H3,(H,17,19)/t12?,13-,14+/m1/s1. The van der Waals surface area contributed by atoms with Crippen molar-refractivity contribution in [3.63, 3.8) is 0 Å². The molecule has 0 bridgehead atoms. The van der Waals surface area contributed by atoms with Crippen molar-refractivity contribution in [2.24, 2.45) is 5.73 Å². The Morgan fingerprint density at radius 3 is 2.90 bits per heavy atom. The second-order valence-corrected chi connectivity index (χ2v) is 6.09. The highest BCUT2D eigenvalue weighted by molar-refractivity contribution is 5.80. The highest BCUT2D eigenvalue weighted by atomic mass is 16.5. The van der Waals surface area contributed by atoms with Crippen molar-refractivity contribution in [1.82, 2.24) is 10.2 Å². The van der Waals surface area contributed by atoms with Crippen LogP contribution >= 0.6 is 0 Å². The monoisotopic (exact) mass is 283 g/mol. The van der Waals surface area contributed by atoms with Gasteiger partial charge in [0, 0.05) is 25.7 Å². The maximum Gasteiger partial charge on any atom is 0.249 e. The summed E-state index contributed by atoms with van der Waals surface area (Å²) in [6.45, 7) is 5.85. The minimum atomic E-state index is -0.280. The van der Waals surface area contributed by atoms with Crippen molar-refractivity contribution < 1.29 is 9.53 Å². The summed E-state index contributed by atoms with van der Waals surface area (Å²) in [6.07, 6.45) is 6.49. The summed E-state index contributed by atoms with van der Waals surface area (Å²) in [7, 11) is 0. The average Bonchev–Trinajstić information content (AvgIpc) is 2.94. The van der Waals surface area contributed by atoms with Crippen LogP contribution in [0.1, 0.15) is 45.4 Å². The molecule has 0 saturated carbocycles. The maximum absolute atomic E-state index is 11.9. The lowest BCUT2D eigenvalue weighted by molar-refractivity contribution is -0.131. The van der Waals surface area contributed by atoms with Gasteiger partial charge < -0.3 is 20.7 Å². The van der Waals surface area contributed by atoms with Crippen LogP contribution in [0.2, 0.25) is 0 Å². The predicted molar refractivity (Wildman–Crippen MR) is 79.5 cm³/mol. The predicted octanol–water partition coefficient (Wildman–Crippen LogP) is 0.873. The largest absolute Gasteiger partial charge is 0.364 e. The van der Waals surface area contributed by atoms with Gasteiger partial charge in [0.1, 0.15) is 6.10 Å². The zero-order chi connectivity index (χ0) is 14.4. The third-order valence-electron chi connectivity index (χ3n) is 4.52. The molecule has 0 aromatic rings. The SMILES string of the molecule is CC1CCCCN1CCCNC(=O)[C@@H]1CC[C@H](CN)O1. The summed E-state index contributed by atoms with van der Waals surface area (Å²) in [5, 5.41) is 2.99. The minimum Gasteiger partial charge on any atom is -0.364 e. The third kappa shape index (κ3) is 4.43. The highest BCUT2D eigenvalue weighted by Crippen LogP contribution is 2.19. The molecule has 0 aliphatic carbocycles. The lowest BCUT2D eigenvalue weighted by atomic mass is 10.0. The van der Waals surface area contributed by atoms with E-state index in [0.717, 1.165) is 32.4 Å². The number of nitrogens with two attached hydrogens (primary N) is 1. The van der Waals surface area contributed by atoms with Gasteiger partial charge in [-0.2, -0.15) is 0 Å². The molecule has 2 heterocycles. The van der Waals surface area contributed by atoms with Gasteiger partial charge in [0.25, 0.3) is 0 Å². The molecular formula is C15H29N3O2. The summed E-state index contributed by atoms with van der Waals surface area (Å²) < 4.78 is 5.59. The molecule has 0 aromatic heterocycles. The fraction of sp³-hybridized carbons (Fsp3) is 0.933. The molecule has 0 radical (unpaired) electrons. The average molecular weight is 283 g/mol. The van der Waals surface area contributed by atoms with Crippen LogP contribution in [0.25, 0.3) is 0 Å². The van der Waals surface area contributed by atoms with Crippen LogP contribution in [0.15, 0.2) is 0 Å². The van der Waals surface area contributed by atoms with Crippen LogP contribution in [0.4, 0.5) is 0 Å². The fourth-order valence-electron chi connectivity index (χ4n) is 3.17. The molecular weight excluding hydrogens is 254 g/mol. The second kappa shape index (κ2) is 7.96. The Labute approximate surface area is 122 Å². The van der Waals surface area contributed by atoms with Crippen molar-refractivity contribution >= 4 is 5.91 Å². The smallest absolute Gasteiger partial charge is 0.249 e. The molecule has 1 amide bonds. The van der Waals surface area contributed by atoms with E-state index in [9.17, 15) is 4.79 Å². The van der Waals surface area contributed by atoms with Crippen LogP contribution in [-0.4, -0.2) is 55.2 Å². The molecule has 2 aliphatic heterocycles. The van der Waals surface area contributed by atoms with Gasteiger partial charge in [-0.1, -0.05) is 6.42 Å². The number of rotatable bonds is 6. The first-order valence-corrected chi connectivity index (χ1v) is 8.08. The van der Waals surface area contributed by atoms with E-state index in [-0.39, 0.29) is 18.1 Å². The number of carbonyl (C=O) groups excluding carboxylic acids is 1. The number of hydrogen-bond acceptors (Lipinski definition) is 4. The maximum atomic E-state index is 11.9. The Bertz CT molecular complexity index is 311. The summed E-state index contributed by atoms with van der Waals surface area (Å²) in [4.78, 5) is 14.5. The number of ether oxygens (including phenoxy) is 1. The third-order valence-corrected chi connectivity index (χ3v) is 4.52. The normalized spacial score (nSPS) is 31.4. The number of nitrogens with zero attached hydrogens (tertiary/aromatic N) is 1. The van der Waals surface area contributed by atoms with Gasteiger partial charge in [-0.25, -0.2) is 0 Å². The molecule has 5 heteroatoms. The van der Waals surface area contributed by atoms with Crippen molar-refractivity contribution in [3.05, 3.63) is 0 Å². The molecule has 2 saturated heterocycles. The van der Waals surface area contributed by atoms with Gasteiger partial charge in [-0.05, 0) is 45.6 Å². The van der Waals surface area contributed by atoms with E-state index in [0.29, 0.717) is 12.6 Å². The Kier molecular flexibility index (Phi) is 6.26. The molecule has 20 heavy (non-hydrogen) atoms. The number of piperidine rings is 1. The Morgan fingerprint density at radius 1 is 1.35 bits per heavy atom. The molecule has 0 aromatic carbocycles. The Balaban J connectivity index is 1.57. The first-order chi connectivity index (χ1) is 9.70. The van der Waals surface area contributed by atoms with E-state index in [2.05, 4.69) is 17.1 Å². The highest BCUT2D eigenvalue weighted by Gasteiger charge is 2.29. The van der Waals surface area contributed by atoms with E-state index in [1.807, 2.05) is 0 Å². The Morgan fingerprint density at radius 2 is 2.20 bits per heavy atom. The lowest BCUT2D eigenvalue weighted by Crippen LogP contribution is -2.40. The number of carbonyl (C=O) groups is 1. The van der Waals surface area contributed by atoms with Crippen molar-refractivity contribution in [2.45, 2.75) is 63.7 Å². The van der Waals surface area contributed by atoms with Crippen LogP contribution in [0.3, 0.4) is 0 Å². The summed E-state index contributed by atoms with van der Waals surface area (Å²) in [5.41, 5.74) is 5.55. The number of hydrogen-bond donors (Lipinski definition) is 2. The van der Waals surface area contributed by atoms with Crippen LogP contribution in [0, 0.1) is 0 Å². The molecule has 116 valence electrons. The summed E-state index contributed by atoms with van der Waals surface area (Å²) in [6, 6.07) is 0.697. The van der Waals surface area contributed by atoms with E-state index in [4.69, 9.17) is 10.5 Å². The van der Waals surface area contributed by atoms with Crippen LogP contribution < -0.4 is 11.1 Å². The van der Waals surface area contributed by atoms with Crippen molar-refractivity contribution in [2.75, 3.05) is 26.2 Å². The fourth-order valence-corrected chi connectivity index (χ4v) is 3.17. The van der Waals surface area contributed by atoms with Crippen molar-refractivity contribution in [1.29, 1.82) is 0 Å². The van der Waals surface area contributed by atoms with E-state index in [1.165, 1.54) is 25.8 Å². The topological polar surface area (TPSA) is 67.6 Å². The summed E-state index contributed by atoms with van der Waals surface area (Å²) in [5.74, 6) is 0.0349. The van der Waals surface area contributed by atoms with Gasteiger partial charge in [0.2, 0.25) is 5.91 Å². The first kappa shape index (κ1) is 15.7. The van der Waals surface area contributed by atoms with Gasteiger partial charge in [-0.3, -0.25) is 4.79 Å². The molecule has 1 unspecified atom stereocenters. The van der Waals surface area contributed by atoms with Crippen LogP contribution in [0.5, 0.6) is 0 Å². The number of amides is 1. The molecule has 3 atom stereocenters. The molecule has 2 aliphatic rings. The molecule has 5 nitrogen and oxygen atoms in total. The van der Waals surface area contributed by atoms with E-state index in [1.54, 1.807) is 0 Å². The number of likely N-dealkylation sites (tertiary alicyclic amines) is 1. The zero-order valence-corrected chi connectivity index (χ0v) is 12.6. The van der Waals surface area contributed by atoms with Gasteiger partial charge in [0.05, 0.1) is 6.10 Å².